The van der Waals surface area contributed by atoms with Crippen molar-refractivity contribution in [1.82, 2.24) is 9.19 Å². The minimum Gasteiger partial charge on any atom is -0.199 e. The molecule has 0 saturated carbocycles. The van der Waals surface area contributed by atoms with Gasteiger partial charge in [-0.2, -0.15) is 17.6 Å². The smallest absolute Gasteiger partial charge is 0.199 e. The van der Waals surface area contributed by atoms with Crippen molar-refractivity contribution in [2.45, 2.75) is 18.7 Å². The molecule has 0 fully saturated rings. The Morgan fingerprint density at radius 2 is 1.76 bits per heavy atom. The molecule has 0 saturated heterocycles. The number of hydrogen-bond acceptors (Lipinski definition) is 3. The largest absolute Gasteiger partial charge is 0.282 e. The molecule has 0 N–H and O–H groups in total. The molecule has 2 rings (SSSR count). The summed E-state index contributed by atoms with van der Waals surface area (Å²) in [7, 11) is -3.56. The van der Waals surface area contributed by atoms with Crippen LogP contribution in [0.15, 0.2) is 35.4 Å². The standard InChI is InChI=1S/C11H11IN2O2S/c1-8-3-5-10(6-4-8)17(15,16)14-7-11(12)9(2)13-14/h3-7H,1-2H3. The maximum Gasteiger partial charge on any atom is 0.282 e. The fourth-order valence-electron chi connectivity index (χ4n) is 1.36. The van der Waals surface area contributed by atoms with Crippen molar-refractivity contribution in [2.24, 2.45) is 0 Å². The molecular formula is C11H11IN2O2S. The van der Waals surface area contributed by atoms with Gasteiger partial charge in [-0.3, -0.25) is 0 Å². The number of nitrogens with zero attached hydrogens (tertiary/aromatic N) is 2. The monoisotopic (exact) mass is 362 g/mol. The van der Waals surface area contributed by atoms with Crippen LogP contribution >= 0.6 is 22.6 Å². The maximum absolute atomic E-state index is 12.2. The highest BCUT2D eigenvalue weighted by Gasteiger charge is 2.18. The van der Waals surface area contributed by atoms with Gasteiger partial charge in [-0.15, -0.1) is 0 Å². The highest BCUT2D eigenvalue weighted by Crippen LogP contribution is 2.16. The Morgan fingerprint density at radius 3 is 2.24 bits per heavy atom. The van der Waals surface area contributed by atoms with E-state index in [0.717, 1.165) is 13.2 Å². The van der Waals surface area contributed by atoms with Gasteiger partial charge >= 0.3 is 0 Å². The van der Waals surface area contributed by atoms with Crippen LogP contribution in [0.3, 0.4) is 0 Å². The molecule has 0 spiro atoms. The Balaban J connectivity index is 2.53. The maximum atomic E-state index is 12.2. The molecule has 6 heteroatoms. The number of benzene rings is 1. The first-order chi connectivity index (χ1) is 7.91. The van der Waals surface area contributed by atoms with E-state index in [-0.39, 0.29) is 4.90 Å². The van der Waals surface area contributed by atoms with Crippen molar-refractivity contribution >= 4 is 32.6 Å². The van der Waals surface area contributed by atoms with Crippen LogP contribution in [0.4, 0.5) is 0 Å². The Bertz CT molecular complexity index is 625. The quantitative estimate of drug-likeness (QED) is 0.771. The summed E-state index contributed by atoms with van der Waals surface area (Å²) in [6.07, 6.45) is 1.52. The molecule has 0 unspecified atom stereocenters. The molecule has 17 heavy (non-hydrogen) atoms. The zero-order valence-electron chi connectivity index (χ0n) is 9.38. The first kappa shape index (κ1) is 12.6. The molecule has 0 aliphatic heterocycles. The van der Waals surface area contributed by atoms with Crippen LogP contribution in [-0.2, 0) is 10.0 Å². The first-order valence-corrected chi connectivity index (χ1v) is 7.47. The molecule has 1 aromatic carbocycles. The molecule has 0 aliphatic carbocycles. The van der Waals surface area contributed by atoms with Crippen molar-refractivity contribution in [3.05, 3.63) is 45.3 Å². The van der Waals surface area contributed by atoms with Crippen molar-refractivity contribution in [1.29, 1.82) is 0 Å². The van der Waals surface area contributed by atoms with E-state index >= 15 is 0 Å². The van der Waals surface area contributed by atoms with Gasteiger partial charge in [-0.1, -0.05) is 17.7 Å². The van der Waals surface area contributed by atoms with Gasteiger partial charge in [0, 0.05) is 0 Å². The average molecular weight is 362 g/mol. The topological polar surface area (TPSA) is 52.0 Å². The summed E-state index contributed by atoms with van der Waals surface area (Å²) in [5.41, 5.74) is 1.73. The van der Waals surface area contributed by atoms with Crippen LogP contribution in [0.2, 0.25) is 0 Å². The normalized spacial score (nSPS) is 11.7. The summed E-state index contributed by atoms with van der Waals surface area (Å²) in [4.78, 5) is 0.252. The SMILES string of the molecule is Cc1ccc(S(=O)(=O)n2cc(I)c(C)n2)cc1. The highest BCUT2D eigenvalue weighted by atomic mass is 127. The van der Waals surface area contributed by atoms with E-state index in [2.05, 4.69) is 27.7 Å². The zero-order valence-corrected chi connectivity index (χ0v) is 12.4. The van der Waals surface area contributed by atoms with Crippen molar-refractivity contribution < 1.29 is 8.42 Å². The van der Waals surface area contributed by atoms with E-state index in [9.17, 15) is 8.42 Å². The van der Waals surface area contributed by atoms with Gasteiger partial charge in [0.2, 0.25) is 0 Å². The van der Waals surface area contributed by atoms with E-state index in [1.54, 1.807) is 31.2 Å². The third-order valence-corrected chi connectivity index (χ3v) is 4.99. The second kappa shape index (κ2) is 4.41. The van der Waals surface area contributed by atoms with Crippen LogP contribution in [0.25, 0.3) is 0 Å². The van der Waals surface area contributed by atoms with Gasteiger partial charge in [0.25, 0.3) is 10.0 Å². The predicted octanol–water partition coefficient (Wildman–Crippen LogP) is 2.34. The summed E-state index contributed by atoms with van der Waals surface area (Å²) in [6.45, 7) is 3.69. The Hall–Kier alpha value is -0.890. The highest BCUT2D eigenvalue weighted by molar-refractivity contribution is 14.1. The molecule has 0 amide bonds. The van der Waals surface area contributed by atoms with Crippen LogP contribution in [0.1, 0.15) is 11.3 Å². The molecule has 0 atom stereocenters. The molecule has 90 valence electrons. The first-order valence-electron chi connectivity index (χ1n) is 4.95. The van der Waals surface area contributed by atoms with Crippen LogP contribution in [-0.4, -0.2) is 17.6 Å². The fraction of sp³-hybridized carbons (Fsp3) is 0.182. The Morgan fingerprint density at radius 1 is 1.18 bits per heavy atom. The third-order valence-electron chi connectivity index (χ3n) is 2.38. The fourth-order valence-corrected chi connectivity index (χ4v) is 3.09. The van der Waals surface area contributed by atoms with E-state index in [0.29, 0.717) is 5.69 Å². The number of halogens is 1. The van der Waals surface area contributed by atoms with Crippen molar-refractivity contribution in [2.75, 3.05) is 0 Å². The van der Waals surface area contributed by atoms with E-state index in [1.165, 1.54) is 6.20 Å². The molecule has 4 nitrogen and oxygen atoms in total. The zero-order chi connectivity index (χ0) is 12.6. The van der Waals surface area contributed by atoms with Crippen LogP contribution < -0.4 is 0 Å². The van der Waals surface area contributed by atoms with Crippen LogP contribution in [0.5, 0.6) is 0 Å². The number of aromatic nitrogens is 2. The lowest BCUT2D eigenvalue weighted by Crippen LogP contribution is -2.13. The molecular weight excluding hydrogens is 351 g/mol. The lowest BCUT2D eigenvalue weighted by atomic mass is 10.2. The van der Waals surface area contributed by atoms with E-state index in [1.807, 2.05) is 6.92 Å². The summed E-state index contributed by atoms with van der Waals surface area (Å²) < 4.78 is 26.3. The van der Waals surface area contributed by atoms with Gasteiger partial charge in [0.05, 0.1) is 20.4 Å². The molecule has 2 aromatic rings. The average Bonchev–Trinajstić information content (AvgIpc) is 2.60. The minimum atomic E-state index is -3.56. The lowest BCUT2D eigenvalue weighted by Gasteiger charge is -2.04. The summed E-state index contributed by atoms with van der Waals surface area (Å²) in [5.74, 6) is 0. The molecule has 1 heterocycles. The van der Waals surface area contributed by atoms with Gasteiger partial charge in [-0.25, -0.2) is 0 Å². The third kappa shape index (κ3) is 2.37. The van der Waals surface area contributed by atoms with Gasteiger partial charge in [-0.05, 0) is 48.6 Å². The molecule has 1 aromatic heterocycles. The summed E-state index contributed by atoms with van der Waals surface area (Å²) in [6, 6.07) is 6.73. The second-order valence-electron chi connectivity index (χ2n) is 3.75. The molecule has 0 bridgehead atoms. The van der Waals surface area contributed by atoms with Crippen LogP contribution in [0, 0.1) is 17.4 Å². The van der Waals surface area contributed by atoms with E-state index < -0.39 is 10.0 Å². The molecule has 0 aliphatic rings. The minimum absolute atomic E-state index is 0.252. The van der Waals surface area contributed by atoms with E-state index in [4.69, 9.17) is 0 Å². The van der Waals surface area contributed by atoms with Crippen molar-refractivity contribution in [3.63, 3.8) is 0 Å². The number of rotatable bonds is 2. The van der Waals surface area contributed by atoms with Gasteiger partial charge in [0.15, 0.2) is 0 Å². The van der Waals surface area contributed by atoms with Gasteiger partial charge < -0.3 is 0 Å². The summed E-state index contributed by atoms with van der Waals surface area (Å²) >= 11 is 2.06. The predicted molar refractivity (Wildman–Crippen MR) is 73.4 cm³/mol. The lowest BCUT2D eigenvalue weighted by molar-refractivity contribution is 0.579. The van der Waals surface area contributed by atoms with Gasteiger partial charge in [0.1, 0.15) is 0 Å². The second-order valence-corrected chi connectivity index (χ2v) is 6.71. The Labute approximate surface area is 114 Å². The van der Waals surface area contributed by atoms with Crippen molar-refractivity contribution in [3.8, 4) is 0 Å². The molecule has 0 radical (unpaired) electrons. The number of hydrogen-bond donors (Lipinski definition) is 0. The Kier molecular flexibility index (Phi) is 3.26. The number of aryl methyl sites for hydroxylation is 2. The summed E-state index contributed by atoms with van der Waals surface area (Å²) in [5, 5.41) is 4.00.